The number of hydrogen-bond acceptors (Lipinski definition) is 1. The van der Waals surface area contributed by atoms with Crippen molar-refractivity contribution in [3.63, 3.8) is 0 Å². The van der Waals surface area contributed by atoms with Crippen molar-refractivity contribution in [1.29, 1.82) is 0 Å². The van der Waals surface area contributed by atoms with Crippen LogP contribution in [0.15, 0.2) is 12.1 Å². The van der Waals surface area contributed by atoms with Crippen LogP contribution in [-0.4, -0.2) is 7.05 Å². The summed E-state index contributed by atoms with van der Waals surface area (Å²) in [5.74, 6) is -0.353. The lowest BCUT2D eigenvalue weighted by molar-refractivity contribution is 0.625. The third-order valence-corrected chi connectivity index (χ3v) is 2.28. The van der Waals surface area contributed by atoms with Gasteiger partial charge in [-0.15, -0.1) is 0 Å². The second-order valence-electron chi connectivity index (χ2n) is 2.68. The first kappa shape index (κ1) is 9.49. The molecular formula is C9H11ClFN. The summed E-state index contributed by atoms with van der Waals surface area (Å²) < 4.78 is 12.8. The van der Waals surface area contributed by atoms with Crippen LogP contribution >= 0.6 is 11.6 Å². The molecule has 0 aliphatic heterocycles. The number of nitrogens with one attached hydrogen (secondary N) is 1. The summed E-state index contributed by atoms with van der Waals surface area (Å²) >= 11 is 5.72. The van der Waals surface area contributed by atoms with Crippen LogP contribution in [0.5, 0.6) is 0 Å². The molecule has 0 fully saturated rings. The largest absolute Gasteiger partial charge is 0.316 e. The Kier molecular flexibility index (Phi) is 3.06. The summed E-state index contributed by atoms with van der Waals surface area (Å²) in [5, 5.41) is 3.22. The Balaban J connectivity index is 3.08. The van der Waals surface area contributed by atoms with Crippen LogP contribution in [0.2, 0.25) is 5.02 Å². The quantitative estimate of drug-likeness (QED) is 0.750. The molecule has 1 nitrogen and oxygen atoms in total. The minimum atomic E-state index is -0.353. The maximum absolute atomic E-state index is 12.8. The normalized spacial score (nSPS) is 10.3. The molecular weight excluding hydrogens is 177 g/mol. The standard InChI is InChI=1S/C9H11ClFN/c1-6-7(5-12-2)3-4-8(11)9(6)10/h3-4,12H,5H2,1-2H3. The van der Waals surface area contributed by atoms with Crippen LogP contribution < -0.4 is 5.32 Å². The summed E-state index contributed by atoms with van der Waals surface area (Å²) in [6.45, 7) is 2.53. The highest BCUT2D eigenvalue weighted by Gasteiger charge is 2.06. The van der Waals surface area contributed by atoms with Gasteiger partial charge in [-0.2, -0.15) is 0 Å². The fourth-order valence-electron chi connectivity index (χ4n) is 1.07. The van der Waals surface area contributed by atoms with Crippen molar-refractivity contribution >= 4 is 11.6 Å². The van der Waals surface area contributed by atoms with Crippen molar-refractivity contribution in [3.05, 3.63) is 34.1 Å². The van der Waals surface area contributed by atoms with E-state index in [9.17, 15) is 4.39 Å². The zero-order chi connectivity index (χ0) is 9.14. The first-order valence-electron chi connectivity index (χ1n) is 3.75. The van der Waals surface area contributed by atoms with Crippen molar-refractivity contribution in [2.75, 3.05) is 7.05 Å². The molecule has 66 valence electrons. The predicted molar refractivity (Wildman–Crippen MR) is 48.9 cm³/mol. The van der Waals surface area contributed by atoms with Gasteiger partial charge in [0, 0.05) is 6.54 Å². The molecule has 0 atom stereocenters. The number of hydrogen-bond donors (Lipinski definition) is 1. The number of benzene rings is 1. The first-order valence-corrected chi connectivity index (χ1v) is 4.12. The Labute approximate surface area is 76.5 Å². The fourth-order valence-corrected chi connectivity index (χ4v) is 1.26. The summed E-state index contributed by atoms with van der Waals surface area (Å²) in [4.78, 5) is 0. The molecule has 0 bridgehead atoms. The van der Waals surface area contributed by atoms with Crippen molar-refractivity contribution in [2.24, 2.45) is 0 Å². The number of rotatable bonds is 2. The van der Waals surface area contributed by atoms with E-state index >= 15 is 0 Å². The minimum absolute atomic E-state index is 0.225. The molecule has 1 rings (SSSR count). The monoisotopic (exact) mass is 187 g/mol. The van der Waals surface area contributed by atoms with E-state index in [1.165, 1.54) is 6.07 Å². The van der Waals surface area contributed by atoms with Gasteiger partial charge in [0.25, 0.3) is 0 Å². The first-order chi connectivity index (χ1) is 5.66. The van der Waals surface area contributed by atoms with Gasteiger partial charge in [0.15, 0.2) is 0 Å². The smallest absolute Gasteiger partial charge is 0.142 e. The average molecular weight is 188 g/mol. The van der Waals surface area contributed by atoms with Crippen LogP contribution in [-0.2, 0) is 6.54 Å². The van der Waals surface area contributed by atoms with E-state index in [1.807, 2.05) is 14.0 Å². The topological polar surface area (TPSA) is 12.0 Å². The molecule has 0 unspecified atom stereocenters. The van der Waals surface area contributed by atoms with Gasteiger partial charge in [0.1, 0.15) is 5.82 Å². The molecule has 1 aromatic carbocycles. The molecule has 0 spiro atoms. The van der Waals surface area contributed by atoms with E-state index in [0.29, 0.717) is 6.54 Å². The van der Waals surface area contributed by atoms with Gasteiger partial charge < -0.3 is 5.32 Å². The van der Waals surface area contributed by atoms with Gasteiger partial charge in [-0.1, -0.05) is 17.7 Å². The summed E-state index contributed by atoms with van der Waals surface area (Å²) in [7, 11) is 1.84. The molecule has 0 saturated carbocycles. The minimum Gasteiger partial charge on any atom is -0.316 e. The average Bonchev–Trinajstić information content (AvgIpc) is 2.07. The zero-order valence-corrected chi connectivity index (χ0v) is 7.87. The lowest BCUT2D eigenvalue weighted by Crippen LogP contribution is -2.07. The van der Waals surface area contributed by atoms with Gasteiger partial charge in [-0.3, -0.25) is 0 Å². The van der Waals surface area contributed by atoms with Gasteiger partial charge in [0.05, 0.1) is 5.02 Å². The van der Waals surface area contributed by atoms with Crippen molar-refractivity contribution in [1.82, 2.24) is 5.32 Å². The Bertz CT molecular complexity index is 286. The van der Waals surface area contributed by atoms with Gasteiger partial charge in [-0.05, 0) is 31.2 Å². The molecule has 0 radical (unpaired) electrons. The highest BCUT2D eigenvalue weighted by atomic mass is 35.5. The molecule has 0 aliphatic carbocycles. The molecule has 12 heavy (non-hydrogen) atoms. The molecule has 0 aromatic heterocycles. The van der Waals surface area contributed by atoms with E-state index in [2.05, 4.69) is 5.32 Å². The van der Waals surface area contributed by atoms with E-state index in [1.54, 1.807) is 6.07 Å². The van der Waals surface area contributed by atoms with Crippen LogP contribution in [0.4, 0.5) is 4.39 Å². The maximum Gasteiger partial charge on any atom is 0.142 e. The van der Waals surface area contributed by atoms with Crippen LogP contribution in [0.1, 0.15) is 11.1 Å². The third-order valence-electron chi connectivity index (χ3n) is 1.82. The Morgan fingerprint density at radius 2 is 2.17 bits per heavy atom. The molecule has 1 N–H and O–H groups in total. The Hall–Kier alpha value is -0.600. The highest BCUT2D eigenvalue weighted by Crippen LogP contribution is 2.22. The van der Waals surface area contributed by atoms with Gasteiger partial charge in [-0.25, -0.2) is 4.39 Å². The van der Waals surface area contributed by atoms with E-state index in [0.717, 1.165) is 11.1 Å². The third kappa shape index (κ3) is 1.76. The van der Waals surface area contributed by atoms with E-state index < -0.39 is 0 Å². The lowest BCUT2D eigenvalue weighted by atomic mass is 10.1. The van der Waals surface area contributed by atoms with Crippen molar-refractivity contribution in [2.45, 2.75) is 13.5 Å². The zero-order valence-electron chi connectivity index (χ0n) is 7.12. The van der Waals surface area contributed by atoms with Gasteiger partial charge in [0.2, 0.25) is 0 Å². The van der Waals surface area contributed by atoms with Crippen LogP contribution in [0.3, 0.4) is 0 Å². The van der Waals surface area contributed by atoms with Crippen LogP contribution in [0.25, 0.3) is 0 Å². The maximum atomic E-state index is 12.8. The Morgan fingerprint density at radius 3 is 2.75 bits per heavy atom. The van der Waals surface area contributed by atoms with Crippen molar-refractivity contribution in [3.8, 4) is 0 Å². The SMILES string of the molecule is CNCc1ccc(F)c(Cl)c1C. The molecule has 0 heterocycles. The van der Waals surface area contributed by atoms with E-state index in [-0.39, 0.29) is 10.8 Å². The number of halogens is 2. The van der Waals surface area contributed by atoms with Crippen molar-refractivity contribution < 1.29 is 4.39 Å². The molecule has 0 saturated heterocycles. The molecule has 3 heteroatoms. The molecule has 1 aromatic rings. The predicted octanol–water partition coefficient (Wildman–Crippen LogP) is 2.51. The molecule has 0 amide bonds. The fraction of sp³-hybridized carbons (Fsp3) is 0.333. The van der Waals surface area contributed by atoms with Gasteiger partial charge >= 0.3 is 0 Å². The van der Waals surface area contributed by atoms with Crippen LogP contribution in [0, 0.1) is 12.7 Å². The summed E-state index contributed by atoms with van der Waals surface area (Å²) in [6, 6.07) is 3.13. The second-order valence-corrected chi connectivity index (χ2v) is 3.05. The summed E-state index contributed by atoms with van der Waals surface area (Å²) in [6.07, 6.45) is 0. The highest BCUT2D eigenvalue weighted by molar-refractivity contribution is 6.31. The lowest BCUT2D eigenvalue weighted by Gasteiger charge is -2.06. The Morgan fingerprint density at radius 1 is 1.50 bits per heavy atom. The second kappa shape index (κ2) is 3.87. The van der Waals surface area contributed by atoms with E-state index in [4.69, 9.17) is 11.6 Å². The molecule has 0 aliphatic rings. The summed E-state index contributed by atoms with van der Waals surface area (Å²) in [5.41, 5.74) is 1.84.